The van der Waals surface area contributed by atoms with E-state index in [-0.39, 0.29) is 6.47 Å². The van der Waals surface area contributed by atoms with Crippen molar-refractivity contribution in [2.75, 3.05) is 20.3 Å². The molecule has 0 aromatic carbocycles. The zero-order chi connectivity index (χ0) is 40.2. The van der Waals surface area contributed by atoms with Crippen LogP contribution in [0.1, 0.15) is 13.8 Å². The Kier molecular flexibility index (Phi) is 15.4. The van der Waals surface area contributed by atoms with E-state index in [1.54, 1.807) is 0 Å². The van der Waals surface area contributed by atoms with Crippen molar-refractivity contribution in [3.05, 3.63) is 0 Å². The molecule has 54 heavy (non-hydrogen) atoms. The summed E-state index contributed by atoms with van der Waals surface area (Å²) in [5.41, 5.74) is 0. The number of carbonyl (C=O) groups excluding carboxylic acids is 3. The summed E-state index contributed by atoms with van der Waals surface area (Å²) < 4.78 is 49.4. The second-order valence-electron chi connectivity index (χ2n) is 12.7. The van der Waals surface area contributed by atoms with E-state index >= 15 is 0 Å². The van der Waals surface area contributed by atoms with Gasteiger partial charge >= 0.3 is 5.97 Å². The second kappa shape index (κ2) is 18.9. The molecule has 0 aliphatic carbocycles. The molecule has 4 rings (SSSR count). The maximum absolute atomic E-state index is 12.5. The fraction of sp³-hybridized carbons (Fsp3) is 0.862. The number of rotatable bonds is 14. The molecule has 4 aliphatic heterocycles. The topological polar surface area (TPSA) is 378 Å². The minimum Gasteiger partial charge on any atom is -0.479 e. The SMILES string of the molecule is CO[C@@H]1OC(CO)[C@H](O)[C@H](O[C@H]2OC(C(=O)O)[C@H](O)[C@H](O)C2O[C@@H]2OC(CO)[C@@H](O)[C@H](O[C@@H]3OC(OC=O)[C@@H](O)[C@H](O)C3O)C2NC(C)=O)C1NC(C)=O. The van der Waals surface area contributed by atoms with Gasteiger partial charge in [-0.3, -0.25) is 14.4 Å². The van der Waals surface area contributed by atoms with Crippen LogP contribution in [0.25, 0.3) is 0 Å². The fourth-order valence-electron chi connectivity index (χ4n) is 6.41. The lowest BCUT2D eigenvalue weighted by Gasteiger charge is -2.50. The van der Waals surface area contributed by atoms with E-state index in [0.29, 0.717) is 0 Å². The number of aliphatic hydroxyl groups is 9. The molecule has 0 bridgehead atoms. The van der Waals surface area contributed by atoms with Gasteiger partial charge in [0.1, 0.15) is 85.3 Å². The van der Waals surface area contributed by atoms with Gasteiger partial charge in [-0.15, -0.1) is 0 Å². The van der Waals surface area contributed by atoms with Crippen LogP contribution < -0.4 is 10.6 Å². The molecule has 0 radical (unpaired) electrons. The van der Waals surface area contributed by atoms with Crippen LogP contribution in [0.5, 0.6) is 0 Å². The van der Waals surface area contributed by atoms with Gasteiger partial charge < -0.3 is 104 Å². The zero-order valence-corrected chi connectivity index (χ0v) is 28.8. The fourth-order valence-corrected chi connectivity index (χ4v) is 6.41. The number of aliphatic carboxylic acids is 1. The maximum Gasteiger partial charge on any atom is 0.335 e. The lowest BCUT2D eigenvalue weighted by molar-refractivity contribution is -0.385. The largest absolute Gasteiger partial charge is 0.479 e. The lowest BCUT2D eigenvalue weighted by atomic mass is 9.94. The molecule has 4 saturated heterocycles. The number of methoxy groups -OCH3 is 1. The minimum absolute atomic E-state index is 0.138. The maximum atomic E-state index is 12.5. The summed E-state index contributed by atoms with van der Waals surface area (Å²) in [6.45, 7) is 0.168. The Morgan fingerprint density at radius 3 is 1.56 bits per heavy atom. The van der Waals surface area contributed by atoms with Crippen molar-refractivity contribution in [3.8, 4) is 0 Å². The minimum atomic E-state index is -2.25. The van der Waals surface area contributed by atoms with Gasteiger partial charge in [0.15, 0.2) is 31.3 Å². The average Bonchev–Trinajstić information content (AvgIpc) is 3.12. The van der Waals surface area contributed by atoms with E-state index in [0.717, 1.165) is 21.0 Å². The summed E-state index contributed by atoms with van der Waals surface area (Å²) in [5, 5.41) is 110. The Morgan fingerprint density at radius 1 is 0.593 bits per heavy atom. The summed E-state index contributed by atoms with van der Waals surface area (Å²) in [6.07, 6.45) is -34.6. The molecule has 25 nitrogen and oxygen atoms in total. The monoisotopic (exact) mass is 790 g/mol. The van der Waals surface area contributed by atoms with Crippen LogP contribution in [0.4, 0.5) is 0 Å². The summed E-state index contributed by atoms with van der Waals surface area (Å²) in [4.78, 5) is 47.6. The Bertz CT molecular complexity index is 1280. The van der Waals surface area contributed by atoms with Gasteiger partial charge in [-0.25, -0.2) is 4.79 Å². The van der Waals surface area contributed by atoms with Gasteiger partial charge in [0.05, 0.1) is 13.2 Å². The van der Waals surface area contributed by atoms with Crippen LogP contribution in [0, 0.1) is 0 Å². The molecule has 0 spiro atoms. The van der Waals surface area contributed by atoms with Crippen LogP contribution in [0.3, 0.4) is 0 Å². The summed E-state index contributed by atoms with van der Waals surface area (Å²) in [6, 6.07) is -3.14. The first-order valence-electron chi connectivity index (χ1n) is 16.4. The van der Waals surface area contributed by atoms with Crippen molar-refractivity contribution < 1.29 is 113 Å². The third kappa shape index (κ3) is 9.41. The highest BCUT2D eigenvalue weighted by Crippen LogP contribution is 2.35. The molecule has 4 aliphatic rings. The van der Waals surface area contributed by atoms with Crippen LogP contribution in [-0.4, -0.2) is 219 Å². The summed E-state index contributed by atoms with van der Waals surface area (Å²) in [7, 11) is 1.16. The number of carbonyl (C=O) groups is 4. The second-order valence-corrected chi connectivity index (χ2v) is 12.7. The van der Waals surface area contributed by atoms with Gasteiger partial charge in [0.25, 0.3) is 6.47 Å². The van der Waals surface area contributed by atoms with Crippen molar-refractivity contribution in [2.45, 2.75) is 137 Å². The number of hydrogen-bond acceptors (Lipinski definition) is 22. The molecule has 4 fully saturated rings. The van der Waals surface area contributed by atoms with Crippen molar-refractivity contribution in [2.24, 2.45) is 0 Å². The molecular weight excluding hydrogens is 744 g/mol. The Morgan fingerprint density at radius 2 is 1.07 bits per heavy atom. The highest BCUT2D eigenvalue weighted by atomic mass is 16.8. The molecule has 0 aromatic rings. The number of carboxylic acid groups (broad SMARTS) is 1. The zero-order valence-electron chi connectivity index (χ0n) is 28.8. The molecule has 8 unspecified atom stereocenters. The third-order valence-corrected chi connectivity index (χ3v) is 9.06. The van der Waals surface area contributed by atoms with Gasteiger partial charge in [0.2, 0.25) is 18.1 Å². The van der Waals surface area contributed by atoms with Crippen molar-refractivity contribution in [1.82, 2.24) is 10.6 Å². The molecule has 0 saturated carbocycles. The van der Waals surface area contributed by atoms with Crippen LogP contribution in [0.15, 0.2) is 0 Å². The highest BCUT2D eigenvalue weighted by Gasteiger charge is 2.57. The molecule has 0 aromatic heterocycles. The van der Waals surface area contributed by atoms with Crippen LogP contribution >= 0.6 is 0 Å². The van der Waals surface area contributed by atoms with E-state index in [4.69, 9.17) is 37.9 Å². The van der Waals surface area contributed by atoms with E-state index < -0.39 is 154 Å². The average molecular weight is 791 g/mol. The molecule has 310 valence electrons. The summed E-state index contributed by atoms with van der Waals surface area (Å²) >= 11 is 0. The first-order valence-corrected chi connectivity index (χ1v) is 16.4. The van der Waals surface area contributed by atoms with E-state index in [9.17, 15) is 70.2 Å². The predicted molar refractivity (Wildman–Crippen MR) is 162 cm³/mol. The Balaban J connectivity index is 1.72. The predicted octanol–water partition coefficient (Wildman–Crippen LogP) is -8.58. The lowest BCUT2D eigenvalue weighted by Crippen LogP contribution is -2.71. The molecule has 20 atom stereocenters. The molecule has 4 heterocycles. The van der Waals surface area contributed by atoms with Gasteiger partial charge in [-0.05, 0) is 0 Å². The van der Waals surface area contributed by atoms with Crippen molar-refractivity contribution in [3.63, 3.8) is 0 Å². The smallest absolute Gasteiger partial charge is 0.335 e. The standard InChI is InChI=1S/C29H46N2O23/c1-7(35)30-11-20(13(37)9(4-32)48-25(11)46-3)51-29-23(17(41)16(40)22(52-29)24(44)45)53-26-12(31-8(2)36)21(14(38)10(5-33)49-26)50-28-19(43)15(39)18(42)27(54-28)47-6-34/h6,9-23,25-29,32-33,37-43H,4-5H2,1-3H3,(H,30,35)(H,31,36)(H,44,45)/t9?,10?,11?,12?,13-,14+,15-,16+,17-,18-,19?,20+,21+,22?,23?,25+,26-,27?,28+,29-/m0/s1. The molecular formula is C29H46N2O23. The Labute approximate surface area is 305 Å². The van der Waals surface area contributed by atoms with Crippen molar-refractivity contribution >= 4 is 24.3 Å². The van der Waals surface area contributed by atoms with E-state index in [1.807, 2.05) is 0 Å². The third-order valence-electron chi connectivity index (χ3n) is 9.06. The quantitative estimate of drug-likeness (QED) is 0.0727. The molecule has 2 amide bonds. The Hall–Kier alpha value is -2.80. The summed E-state index contributed by atoms with van der Waals surface area (Å²) in [5.74, 6) is -3.32. The van der Waals surface area contributed by atoms with Gasteiger partial charge in [0, 0.05) is 21.0 Å². The number of carboxylic acids is 1. The normalized spacial score (nSPS) is 45.6. The first-order chi connectivity index (χ1) is 25.5. The number of ether oxygens (including phenoxy) is 9. The van der Waals surface area contributed by atoms with E-state index in [2.05, 4.69) is 15.4 Å². The number of hydrogen-bond donors (Lipinski definition) is 12. The van der Waals surface area contributed by atoms with E-state index in [1.165, 1.54) is 0 Å². The van der Waals surface area contributed by atoms with Gasteiger partial charge in [-0.1, -0.05) is 0 Å². The molecule has 12 N–H and O–H groups in total. The van der Waals surface area contributed by atoms with Crippen LogP contribution in [0.2, 0.25) is 0 Å². The van der Waals surface area contributed by atoms with Crippen LogP contribution in [-0.2, 0) is 61.8 Å². The number of nitrogens with one attached hydrogen (secondary N) is 2. The van der Waals surface area contributed by atoms with Crippen molar-refractivity contribution in [1.29, 1.82) is 0 Å². The number of amides is 2. The highest BCUT2D eigenvalue weighted by molar-refractivity contribution is 5.74. The first kappa shape index (κ1) is 43.9. The van der Waals surface area contributed by atoms with Gasteiger partial charge in [-0.2, -0.15) is 0 Å². The molecule has 25 heteroatoms. The number of aliphatic hydroxyl groups excluding tert-OH is 9.